The summed E-state index contributed by atoms with van der Waals surface area (Å²) in [6, 6.07) is 0. The lowest BCUT2D eigenvalue weighted by atomic mass is 10.4. The minimum Gasteiger partial charge on any atom is -0.294 e. The van der Waals surface area contributed by atoms with E-state index in [1.165, 1.54) is 0 Å². The Morgan fingerprint density at radius 1 is 0.432 bits per heavy atom. The van der Waals surface area contributed by atoms with E-state index in [4.69, 9.17) is 0 Å². The molecule has 0 aromatic carbocycles. The highest BCUT2D eigenvalue weighted by Gasteiger charge is 2.74. The lowest BCUT2D eigenvalue weighted by Gasteiger charge is -2.31. The largest absolute Gasteiger partial charge is 0.723 e. The summed E-state index contributed by atoms with van der Waals surface area (Å²) in [4.78, 5) is 51.3. The van der Waals surface area contributed by atoms with Gasteiger partial charge in [-0.1, -0.05) is 0 Å². The number of alkyl halides is 6. The molecule has 0 amide bonds. The maximum absolute atomic E-state index is 12.6. The Balaban J connectivity index is 6.84. The summed E-state index contributed by atoms with van der Waals surface area (Å²) in [6.07, 6.45) is -16.1. The Bertz CT molecular complexity index is 793. The van der Waals surface area contributed by atoms with Crippen LogP contribution in [0.1, 0.15) is 0 Å². The summed E-state index contributed by atoms with van der Waals surface area (Å²) in [5, 5.41) is 65.6. The molecule has 0 fully saturated rings. The summed E-state index contributed by atoms with van der Waals surface area (Å²) >= 11 is 0. The van der Waals surface area contributed by atoms with Crippen molar-refractivity contribution in [2.24, 2.45) is 0 Å². The molecule has 0 saturated carbocycles. The normalized spacial score (nSPS) is 13.1. The predicted molar refractivity (Wildman–Crippen MR) is 86.1 cm³/mol. The van der Waals surface area contributed by atoms with Gasteiger partial charge < -0.3 is 0 Å². The topological polar surface area (TPSA) is 296 Å². The smallest absolute Gasteiger partial charge is 0.294 e. The van der Waals surface area contributed by atoms with Gasteiger partial charge in [0.15, 0.2) is 42.8 Å². The Morgan fingerprint density at radius 3 is 0.784 bits per heavy atom. The summed E-state index contributed by atoms with van der Waals surface area (Å²) < 4.78 is 90.6. The van der Waals surface area contributed by atoms with Crippen LogP contribution in [0.25, 0.3) is 0 Å². The Labute approximate surface area is 193 Å². The van der Waals surface area contributed by atoms with Gasteiger partial charge in [0.05, 0.1) is 0 Å². The monoisotopic (exact) mass is 570 g/mol. The van der Waals surface area contributed by atoms with Crippen LogP contribution in [0, 0.1) is 60.7 Å². The van der Waals surface area contributed by atoms with E-state index in [9.17, 15) is 87.0 Å². The van der Waals surface area contributed by atoms with Crippen LogP contribution >= 0.6 is 0 Å². The molecule has 0 aliphatic rings. The molecule has 37 heavy (non-hydrogen) atoms. The Kier molecular flexibility index (Phi) is 9.98. The highest BCUT2D eigenvalue weighted by atomic mass is 19.4. The average molecular weight is 570 g/mol. The van der Waals surface area contributed by atoms with E-state index in [0.29, 0.717) is 0 Å². The summed E-state index contributed by atoms with van der Waals surface area (Å²) in [5.41, 5.74) is 0. The lowest BCUT2D eigenvalue weighted by Crippen LogP contribution is -2.62. The van der Waals surface area contributed by atoms with Crippen molar-refractivity contribution in [1.82, 2.24) is 0 Å². The van der Waals surface area contributed by atoms with Crippen LogP contribution in [-0.4, -0.2) is 86.1 Å². The summed E-state index contributed by atoms with van der Waals surface area (Å²) in [7, 11) is 0. The van der Waals surface area contributed by atoms with Crippen LogP contribution in [0.3, 0.4) is 0 Å². The number of ether oxygens (including phenoxy) is 4. The van der Waals surface area contributed by atoms with Gasteiger partial charge in [-0.05, 0) is 0 Å². The van der Waals surface area contributed by atoms with Gasteiger partial charge in [0.1, 0.15) is 0 Å². The minimum absolute atomic E-state index is 2.37. The van der Waals surface area contributed by atoms with Crippen molar-refractivity contribution < 1.29 is 74.8 Å². The molecular formula is C9H8F6N6O16. The average Bonchev–Trinajstić information content (AvgIpc) is 2.68. The molecule has 0 aromatic rings. The van der Waals surface area contributed by atoms with E-state index in [1.807, 2.05) is 0 Å². The third-order valence-corrected chi connectivity index (χ3v) is 3.46. The van der Waals surface area contributed by atoms with Gasteiger partial charge in [-0.2, -0.15) is 26.3 Å². The van der Waals surface area contributed by atoms with Crippen molar-refractivity contribution in [3.8, 4) is 0 Å². The van der Waals surface area contributed by atoms with E-state index in [1.54, 1.807) is 0 Å². The number of hydrogen-bond acceptors (Lipinski definition) is 16. The molecule has 0 bridgehead atoms. The van der Waals surface area contributed by atoms with Gasteiger partial charge >= 0.3 is 30.1 Å². The van der Waals surface area contributed by atoms with E-state index in [0.717, 1.165) is 0 Å². The molecule has 0 aromatic heterocycles. The zero-order valence-electron chi connectivity index (χ0n) is 16.8. The van der Waals surface area contributed by atoms with Crippen LogP contribution < -0.4 is 0 Å². The first-order valence-corrected chi connectivity index (χ1v) is 8.05. The predicted octanol–water partition coefficient (Wildman–Crippen LogP) is -0.244. The molecule has 0 rings (SSSR count). The van der Waals surface area contributed by atoms with Crippen molar-refractivity contribution in [3.63, 3.8) is 0 Å². The molecule has 0 saturated heterocycles. The maximum atomic E-state index is 12.6. The number of halogens is 6. The molecule has 28 heteroatoms. The van der Waals surface area contributed by atoms with Gasteiger partial charge in [-0.3, -0.25) is 79.6 Å². The van der Waals surface area contributed by atoms with Gasteiger partial charge in [0.25, 0.3) is 13.2 Å². The zero-order valence-corrected chi connectivity index (χ0v) is 16.8. The van der Waals surface area contributed by atoms with Crippen molar-refractivity contribution in [3.05, 3.63) is 60.7 Å². The third kappa shape index (κ3) is 7.91. The molecule has 0 spiro atoms. The van der Waals surface area contributed by atoms with Crippen LogP contribution in [0.15, 0.2) is 0 Å². The maximum Gasteiger partial charge on any atom is 0.723 e. The van der Waals surface area contributed by atoms with Crippen molar-refractivity contribution in [2.45, 2.75) is 30.1 Å². The van der Waals surface area contributed by atoms with Crippen LogP contribution in [0.5, 0.6) is 0 Å². The molecule has 0 radical (unpaired) electrons. The second kappa shape index (κ2) is 11.3. The fraction of sp³-hybridized carbons (Fsp3) is 1.00. The lowest BCUT2D eigenvalue weighted by molar-refractivity contribution is -0.974. The van der Waals surface area contributed by atoms with Crippen molar-refractivity contribution in [2.75, 3.05) is 26.4 Å². The van der Waals surface area contributed by atoms with E-state index in [2.05, 4.69) is 18.9 Å². The molecule has 0 aliphatic carbocycles. The molecule has 22 nitrogen and oxygen atoms in total. The molecule has 0 atom stereocenters. The first-order chi connectivity index (χ1) is 16.5. The highest BCUT2D eigenvalue weighted by molar-refractivity contribution is 4.61. The molecule has 212 valence electrons. The van der Waals surface area contributed by atoms with Gasteiger partial charge in [-0.15, -0.1) is 0 Å². The van der Waals surface area contributed by atoms with Crippen LogP contribution in [0.4, 0.5) is 26.3 Å². The van der Waals surface area contributed by atoms with Crippen molar-refractivity contribution in [1.29, 1.82) is 0 Å². The Morgan fingerprint density at radius 2 is 0.622 bits per heavy atom. The third-order valence-electron chi connectivity index (χ3n) is 3.46. The zero-order chi connectivity index (χ0) is 29.6. The molecule has 0 heterocycles. The first-order valence-electron chi connectivity index (χ1n) is 8.05. The van der Waals surface area contributed by atoms with E-state index in [-0.39, 0.29) is 0 Å². The fourth-order valence-corrected chi connectivity index (χ4v) is 1.68. The highest BCUT2D eigenvalue weighted by Crippen LogP contribution is 2.30. The quantitative estimate of drug-likeness (QED) is 0.1000. The van der Waals surface area contributed by atoms with Crippen molar-refractivity contribution >= 4 is 0 Å². The van der Waals surface area contributed by atoms with E-state index < -0.39 is 86.1 Å². The first kappa shape index (κ1) is 32.8. The number of nitrogens with zero attached hydrogens (tertiary/aromatic N) is 6. The number of hydrogen-bond donors (Lipinski definition) is 0. The summed E-state index contributed by atoms with van der Waals surface area (Å²) in [5.74, 6) is -9.69. The standard InChI is InChI=1S/C9H8F6N6O16/c10-5(11,12)1-34-9(35-2-6(13,14)15,36-3-7(16(22)23,17(24)25)18(26)27)37-4-8(19(28)29,20(30)31)21(32)33/h1-4H2. The van der Waals surface area contributed by atoms with Gasteiger partial charge in [-0.25, -0.2) is 0 Å². The molecule has 0 unspecified atom stereocenters. The Hall–Kier alpha value is -4.18. The number of rotatable bonds is 16. The molecule has 0 N–H and O–H groups in total. The second-order valence-corrected chi connectivity index (χ2v) is 5.98. The molecular weight excluding hydrogens is 562 g/mol. The minimum atomic E-state index is -5.65. The fourth-order valence-electron chi connectivity index (χ4n) is 1.68. The second-order valence-electron chi connectivity index (χ2n) is 5.98. The van der Waals surface area contributed by atoms with Gasteiger partial charge in [0.2, 0.25) is 0 Å². The number of nitro groups is 6. The summed E-state index contributed by atoms with van der Waals surface area (Å²) in [6.45, 7) is -11.5. The van der Waals surface area contributed by atoms with Crippen LogP contribution in [-0.2, 0) is 18.9 Å². The van der Waals surface area contributed by atoms with E-state index >= 15 is 0 Å². The van der Waals surface area contributed by atoms with Crippen LogP contribution in [0.2, 0.25) is 0 Å². The SMILES string of the molecule is O=[N+]([O-])C(COC(OCC(F)(F)F)(OCC(F)(F)F)OCC([N+](=O)[O-])([N+](=O)[O-])[N+](=O)[O-])([N+](=O)[O-])[N+](=O)[O-]. The molecule has 0 aliphatic heterocycles. The van der Waals surface area contributed by atoms with Gasteiger partial charge in [0, 0.05) is 0 Å².